The summed E-state index contributed by atoms with van der Waals surface area (Å²) in [6.45, 7) is 2.40. The number of hydrogen-bond acceptors (Lipinski definition) is 4. The van der Waals surface area contributed by atoms with Crippen molar-refractivity contribution in [3.63, 3.8) is 0 Å². The van der Waals surface area contributed by atoms with Crippen molar-refractivity contribution in [3.8, 4) is 5.75 Å². The zero-order valence-corrected chi connectivity index (χ0v) is 13.9. The van der Waals surface area contributed by atoms with Gasteiger partial charge in [0, 0.05) is 26.1 Å². The first-order valence-corrected chi connectivity index (χ1v) is 8.28. The summed E-state index contributed by atoms with van der Waals surface area (Å²) in [6, 6.07) is 9.55. The summed E-state index contributed by atoms with van der Waals surface area (Å²) in [6.07, 6.45) is 3.72. The molecule has 1 atom stereocenters. The molecule has 2 heterocycles. The molecule has 1 aliphatic heterocycles. The minimum absolute atomic E-state index is 0.0430. The monoisotopic (exact) mass is 329 g/mol. The van der Waals surface area contributed by atoms with Gasteiger partial charge in [0.25, 0.3) is 0 Å². The standard InChI is InChI=1S/C17H23N5O2/c1-21-13-19-20-16(21)14-6-5-10-22(12-14)17(23)18-9-11-24-15-7-3-2-4-8-15/h2-4,7-8,13-14H,5-6,9-12H2,1H3,(H,18,23)/t14-/m0/s1. The van der Waals surface area contributed by atoms with Crippen LogP contribution in [0.15, 0.2) is 36.7 Å². The van der Waals surface area contributed by atoms with Crippen molar-refractivity contribution in [2.75, 3.05) is 26.2 Å². The molecule has 2 amide bonds. The van der Waals surface area contributed by atoms with Crippen LogP contribution in [0, 0.1) is 0 Å². The third-order valence-electron chi connectivity index (χ3n) is 4.21. The van der Waals surface area contributed by atoms with E-state index in [-0.39, 0.29) is 11.9 Å². The van der Waals surface area contributed by atoms with Gasteiger partial charge in [-0.05, 0) is 25.0 Å². The number of likely N-dealkylation sites (tertiary alicyclic amines) is 1. The molecule has 0 spiro atoms. The maximum absolute atomic E-state index is 12.3. The van der Waals surface area contributed by atoms with Crippen LogP contribution in [-0.4, -0.2) is 51.9 Å². The Morgan fingerprint density at radius 2 is 2.21 bits per heavy atom. The molecular weight excluding hydrogens is 306 g/mol. The molecule has 0 unspecified atom stereocenters. The number of rotatable bonds is 5. The van der Waals surface area contributed by atoms with Gasteiger partial charge in [0.15, 0.2) is 0 Å². The van der Waals surface area contributed by atoms with Crippen LogP contribution < -0.4 is 10.1 Å². The van der Waals surface area contributed by atoms with E-state index in [2.05, 4.69) is 15.5 Å². The lowest BCUT2D eigenvalue weighted by atomic mass is 9.97. The van der Waals surface area contributed by atoms with Gasteiger partial charge in [0.1, 0.15) is 24.5 Å². The minimum Gasteiger partial charge on any atom is -0.492 e. The van der Waals surface area contributed by atoms with Crippen molar-refractivity contribution in [3.05, 3.63) is 42.5 Å². The normalized spacial score (nSPS) is 17.5. The third-order valence-corrected chi connectivity index (χ3v) is 4.21. The Morgan fingerprint density at radius 3 is 2.96 bits per heavy atom. The summed E-state index contributed by atoms with van der Waals surface area (Å²) in [5.41, 5.74) is 0. The molecule has 1 saturated heterocycles. The summed E-state index contributed by atoms with van der Waals surface area (Å²) < 4.78 is 7.51. The molecule has 7 nitrogen and oxygen atoms in total. The van der Waals surface area contributed by atoms with Crippen LogP contribution in [0.1, 0.15) is 24.6 Å². The van der Waals surface area contributed by atoms with Crippen molar-refractivity contribution >= 4 is 6.03 Å². The molecule has 2 aromatic rings. The molecule has 1 fully saturated rings. The first kappa shape index (κ1) is 16.3. The lowest BCUT2D eigenvalue weighted by Gasteiger charge is -2.32. The number of amides is 2. The van der Waals surface area contributed by atoms with Crippen LogP contribution in [0.5, 0.6) is 5.75 Å². The number of piperidine rings is 1. The Hall–Kier alpha value is -2.57. The summed E-state index contributed by atoms with van der Waals surface area (Å²) >= 11 is 0. The van der Waals surface area contributed by atoms with Crippen molar-refractivity contribution < 1.29 is 9.53 Å². The topological polar surface area (TPSA) is 72.3 Å². The Balaban J connectivity index is 1.44. The highest BCUT2D eigenvalue weighted by molar-refractivity contribution is 5.74. The molecule has 1 aromatic heterocycles. The highest BCUT2D eigenvalue weighted by Crippen LogP contribution is 2.24. The fourth-order valence-electron chi connectivity index (χ4n) is 2.99. The molecule has 0 aliphatic carbocycles. The van der Waals surface area contributed by atoms with E-state index in [9.17, 15) is 4.79 Å². The summed E-state index contributed by atoms with van der Waals surface area (Å²) in [5.74, 6) is 2.00. The van der Waals surface area contributed by atoms with Crippen LogP contribution >= 0.6 is 0 Å². The average Bonchev–Trinajstić information content (AvgIpc) is 3.05. The van der Waals surface area contributed by atoms with Gasteiger partial charge in [-0.15, -0.1) is 10.2 Å². The van der Waals surface area contributed by atoms with E-state index < -0.39 is 0 Å². The van der Waals surface area contributed by atoms with Gasteiger partial charge in [-0.2, -0.15) is 0 Å². The van der Waals surface area contributed by atoms with E-state index in [4.69, 9.17) is 4.74 Å². The first-order chi connectivity index (χ1) is 11.7. The number of nitrogens with one attached hydrogen (secondary N) is 1. The Kier molecular flexibility index (Phi) is 5.30. The van der Waals surface area contributed by atoms with Gasteiger partial charge < -0.3 is 19.5 Å². The van der Waals surface area contributed by atoms with Gasteiger partial charge in [-0.1, -0.05) is 18.2 Å². The molecule has 1 N–H and O–H groups in total. The molecule has 24 heavy (non-hydrogen) atoms. The molecule has 1 aromatic carbocycles. The number of carbonyl (C=O) groups is 1. The number of ether oxygens (including phenoxy) is 1. The van der Waals surface area contributed by atoms with Gasteiger partial charge in [0.2, 0.25) is 0 Å². The fraction of sp³-hybridized carbons (Fsp3) is 0.471. The number of nitrogens with zero attached hydrogens (tertiary/aromatic N) is 4. The SMILES string of the molecule is Cn1cnnc1[C@H]1CCCN(C(=O)NCCOc2ccccc2)C1. The number of carbonyl (C=O) groups excluding carboxylic acids is 1. The van der Waals surface area contributed by atoms with Crippen LogP contribution in [0.2, 0.25) is 0 Å². The van der Waals surface area contributed by atoms with Gasteiger partial charge in [0.05, 0.1) is 6.54 Å². The maximum atomic E-state index is 12.3. The van der Waals surface area contributed by atoms with Gasteiger partial charge >= 0.3 is 6.03 Å². The van der Waals surface area contributed by atoms with E-state index in [0.717, 1.165) is 31.0 Å². The van der Waals surface area contributed by atoms with E-state index in [1.165, 1.54) is 0 Å². The van der Waals surface area contributed by atoms with Crippen molar-refractivity contribution in [2.45, 2.75) is 18.8 Å². The molecule has 128 valence electrons. The zero-order valence-electron chi connectivity index (χ0n) is 13.9. The summed E-state index contributed by atoms with van der Waals surface area (Å²) in [4.78, 5) is 14.2. The smallest absolute Gasteiger partial charge is 0.317 e. The molecule has 0 radical (unpaired) electrons. The maximum Gasteiger partial charge on any atom is 0.317 e. The minimum atomic E-state index is -0.0430. The Bertz CT molecular complexity index is 658. The number of para-hydroxylation sites is 1. The summed E-state index contributed by atoms with van der Waals surface area (Å²) in [7, 11) is 1.94. The highest BCUT2D eigenvalue weighted by Gasteiger charge is 2.27. The van der Waals surface area contributed by atoms with E-state index in [1.807, 2.05) is 46.8 Å². The fourth-order valence-corrected chi connectivity index (χ4v) is 2.99. The zero-order chi connectivity index (χ0) is 16.8. The Morgan fingerprint density at radius 1 is 1.38 bits per heavy atom. The van der Waals surface area contributed by atoms with Crippen LogP contribution in [0.25, 0.3) is 0 Å². The lowest BCUT2D eigenvalue weighted by molar-refractivity contribution is 0.175. The van der Waals surface area contributed by atoms with E-state index in [0.29, 0.717) is 19.7 Å². The second kappa shape index (κ2) is 7.81. The quantitative estimate of drug-likeness (QED) is 0.849. The second-order valence-electron chi connectivity index (χ2n) is 5.98. The largest absolute Gasteiger partial charge is 0.492 e. The molecule has 0 saturated carbocycles. The number of aryl methyl sites for hydroxylation is 1. The van der Waals surface area contributed by atoms with Crippen LogP contribution in [0.4, 0.5) is 4.79 Å². The first-order valence-electron chi connectivity index (χ1n) is 8.28. The van der Waals surface area contributed by atoms with Crippen LogP contribution in [0.3, 0.4) is 0 Å². The Labute approximate surface area is 141 Å². The number of hydrogen-bond donors (Lipinski definition) is 1. The molecular formula is C17H23N5O2. The highest BCUT2D eigenvalue weighted by atomic mass is 16.5. The molecule has 1 aliphatic rings. The van der Waals surface area contributed by atoms with Crippen molar-refractivity contribution in [2.24, 2.45) is 7.05 Å². The third kappa shape index (κ3) is 4.04. The molecule has 7 heteroatoms. The van der Waals surface area contributed by atoms with Crippen molar-refractivity contribution in [1.82, 2.24) is 25.0 Å². The van der Waals surface area contributed by atoms with Gasteiger partial charge in [-0.25, -0.2) is 4.79 Å². The molecule has 3 rings (SSSR count). The van der Waals surface area contributed by atoms with Crippen LogP contribution in [-0.2, 0) is 7.05 Å². The number of benzene rings is 1. The second-order valence-corrected chi connectivity index (χ2v) is 5.98. The van der Waals surface area contributed by atoms with E-state index in [1.54, 1.807) is 6.33 Å². The number of urea groups is 1. The predicted molar refractivity (Wildman–Crippen MR) is 89.9 cm³/mol. The predicted octanol–water partition coefficient (Wildman–Crippen LogP) is 1.78. The van der Waals surface area contributed by atoms with Crippen molar-refractivity contribution in [1.29, 1.82) is 0 Å². The lowest BCUT2D eigenvalue weighted by Crippen LogP contribution is -2.46. The number of aromatic nitrogens is 3. The molecule has 0 bridgehead atoms. The van der Waals surface area contributed by atoms with E-state index >= 15 is 0 Å². The summed E-state index contributed by atoms with van der Waals surface area (Å²) in [5, 5.41) is 11.0. The van der Waals surface area contributed by atoms with Gasteiger partial charge in [-0.3, -0.25) is 0 Å². The average molecular weight is 329 g/mol.